The van der Waals surface area contributed by atoms with Crippen LogP contribution < -0.4 is 4.74 Å². The van der Waals surface area contributed by atoms with Crippen molar-refractivity contribution in [2.75, 3.05) is 0 Å². The van der Waals surface area contributed by atoms with Gasteiger partial charge in [-0.3, -0.25) is 0 Å². The van der Waals surface area contributed by atoms with E-state index in [2.05, 4.69) is 16.3 Å². The molecule has 2 nitrogen and oxygen atoms in total. The van der Waals surface area contributed by atoms with Crippen LogP contribution in [0.4, 0.5) is 8.78 Å². The second-order valence-corrected chi connectivity index (χ2v) is 2.49. The Kier molecular flexibility index (Phi) is 3.19. The van der Waals surface area contributed by atoms with E-state index < -0.39 is 6.61 Å². The predicted molar refractivity (Wildman–Crippen MR) is 46.0 cm³/mol. The molecule has 0 aromatic carbocycles. The van der Waals surface area contributed by atoms with Crippen LogP contribution in [0.1, 0.15) is 5.69 Å². The number of ether oxygens (including phenoxy) is 1. The summed E-state index contributed by atoms with van der Waals surface area (Å²) in [6.45, 7) is 0.520. The maximum absolute atomic E-state index is 11.8. The third kappa shape index (κ3) is 2.66. The number of hydrogen-bond donors (Lipinski definition) is 0. The lowest BCUT2D eigenvalue weighted by molar-refractivity contribution is -0.0502. The first-order chi connectivity index (χ1) is 6.13. The lowest BCUT2D eigenvalue weighted by atomic mass is 10.3. The van der Waals surface area contributed by atoms with Crippen LogP contribution >= 0.6 is 11.6 Å². The minimum absolute atomic E-state index is 0.0330. The average Bonchev–Trinajstić information content (AvgIpc) is 2.07. The maximum Gasteiger partial charge on any atom is 0.387 e. The maximum atomic E-state index is 11.8. The van der Waals surface area contributed by atoms with Gasteiger partial charge in [-0.2, -0.15) is 8.78 Å². The molecular formula is C8H6ClF2NO. The van der Waals surface area contributed by atoms with Crippen LogP contribution in [0.15, 0.2) is 18.7 Å². The molecule has 1 rings (SSSR count). The van der Waals surface area contributed by atoms with E-state index in [0.717, 1.165) is 0 Å². The molecular weight excluding hydrogens is 200 g/mol. The monoisotopic (exact) mass is 205 g/mol. The molecule has 0 bridgehead atoms. The lowest BCUT2D eigenvalue weighted by Crippen LogP contribution is -2.03. The molecule has 0 atom stereocenters. The summed E-state index contributed by atoms with van der Waals surface area (Å²) in [5.74, 6) is -0.0330. The van der Waals surface area contributed by atoms with Crippen LogP contribution in [0.2, 0.25) is 5.15 Å². The minimum atomic E-state index is -2.87. The molecule has 1 aromatic heterocycles. The normalized spacial score (nSPS) is 10.2. The molecule has 0 saturated heterocycles. The Balaban J connectivity index is 2.99. The molecule has 1 aromatic rings. The van der Waals surface area contributed by atoms with Crippen LogP contribution in [-0.4, -0.2) is 11.6 Å². The summed E-state index contributed by atoms with van der Waals surface area (Å²) in [6.07, 6.45) is 1.30. The Morgan fingerprint density at radius 1 is 1.54 bits per heavy atom. The minimum Gasteiger partial charge on any atom is -0.433 e. The first-order valence-corrected chi connectivity index (χ1v) is 3.75. The van der Waals surface area contributed by atoms with Crippen molar-refractivity contribution in [3.8, 4) is 5.75 Å². The number of nitrogens with zero attached hydrogens (tertiary/aromatic N) is 1. The summed E-state index contributed by atoms with van der Waals surface area (Å²) in [4.78, 5) is 3.73. The van der Waals surface area contributed by atoms with E-state index in [0.29, 0.717) is 0 Å². The van der Waals surface area contributed by atoms with Crippen molar-refractivity contribution in [1.82, 2.24) is 4.98 Å². The predicted octanol–water partition coefficient (Wildman–Crippen LogP) is 2.98. The van der Waals surface area contributed by atoms with E-state index in [1.165, 1.54) is 18.2 Å². The Labute approximate surface area is 78.8 Å². The highest BCUT2D eigenvalue weighted by molar-refractivity contribution is 6.29. The molecule has 0 radical (unpaired) electrons. The number of alkyl halides is 2. The van der Waals surface area contributed by atoms with Crippen molar-refractivity contribution < 1.29 is 13.5 Å². The zero-order valence-electron chi connectivity index (χ0n) is 6.51. The van der Waals surface area contributed by atoms with Gasteiger partial charge >= 0.3 is 6.61 Å². The van der Waals surface area contributed by atoms with E-state index in [1.54, 1.807) is 0 Å². The standard InChI is InChI=1S/C8H6ClF2NO/c1-2-5-6(13-8(10)11)3-4-7(9)12-5/h2-4,8H,1H2. The molecule has 0 fully saturated rings. The molecule has 0 amide bonds. The molecule has 0 aliphatic rings. The van der Waals surface area contributed by atoms with Gasteiger partial charge in [-0.15, -0.1) is 0 Å². The summed E-state index contributed by atoms with van der Waals surface area (Å²) in [6, 6.07) is 2.69. The Morgan fingerprint density at radius 3 is 2.77 bits per heavy atom. The number of rotatable bonds is 3. The van der Waals surface area contributed by atoms with Gasteiger partial charge in [-0.05, 0) is 18.2 Å². The fourth-order valence-corrected chi connectivity index (χ4v) is 0.933. The first kappa shape index (κ1) is 9.92. The molecule has 1 heterocycles. The molecule has 0 aliphatic heterocycles. The SMILES string of the molecule is C=Cc1nc(Cl)ccc1OC(F)F. The van der Waals surface area contributed by atoms with Gasteiger partial charge in [0.05, 0.1) is 0 Å². The van der Waals surface area contributed by atoms with E-state index in [-0.39, 0.29) is 16.6 Å². The highest BCUT2D eigenvalue weighted by Gasteiger charge is 2.08. The highest BCUT2D eigenvalue weighted by atomic mass is 35.5. The van der Waals surface area contributed by atoms with Gasteiger partial charge in [0.15, 0.2) is 5.75 Å². The number of aromatic nitrogens is 1. The van der Waals surface area contributed by atoms with Crippen molar-refractivity contribution in [3.63, 3.8) is 0 Å². The smallest absolute Gasteiger partial charge is 0.387 e. The molecule has 0 spiro atoms. The van der Waals surface area contributed by atoms with Gasteiger partial charge in [0.25, 0.3) is 0 Å². The Morgan fingerprint density at radius 2 is 2.23 bits per heavy atom. The second-order valence-electron chi connectivity index (χ2n) is 2.10. The average molecular weight is 206 g/mol. The zero-order valence-corrected chi connectivity index (χ0v) is 7.26. The van der Waals surface area contributed by atoms with Crippen LogP contribution in [0, 0.1) is 0 Å². The summed E-state index contributed by atoms with van der Waals surface area (Å²) < 4.78 is 27.8. The third-order valence-electron chi connectivity index (χ3n) is 1.26. The van der Waals surface area contributed by atoms with Crippen LogP contribution in [0.25, 0.3) is 6.08 Å². The molecule has 0 unspecified atom stereocenters. The number of halogens is 3. The summed E-state index contributed by atoms with van der Waals surface area (Å²) in [5, 5.41) is 0.205. The van der Waals surface area contributed by atoms with Gasteiger partial charge in [-0.1, -0.05) is 18.2 Å². The largest absolute Gasteiger partial charge is 0.433 e. The van der Waals surface area contributed by atoms with Gasteiger partial charge in [0.1, 0.15) is 10.8 Å². The fourth-order valence-electron chi connectivity index (χ4n) is 0.779. The topological polar surface area (TPSA) is 22.1 Å². The van der Waals surface area contributed by atoms with Crippen LogP contribution in [0.5, 0.6) is 5.75 Å². The summed E-state index contributed by atoms with van der Waals surface area (Å²) >= 11 is 5.53. The zero-order chi connectivity index (χ0) is 9.84. The molecule has 0 saturated carbocycles. The Bertz CT molecular complexity index is 317. The lowest BCUT2D eigenvalue weighted by Gasteiger charge is -2.06. The fraction of sp³-hybridized carbons (Fsp3) is 0.125. The van der Waals surface area contributed by atoms with E-state index >= 15 is 0 Å². The molecule has 70 valence electrons. The summed E-state index contributed by atoms with van der Waals surface area (Å²) in [5.41, 5.74) is 0.202. The number of hydrogen-bond acceptors (Lipinski definition) is 2. The van der Waals surface area contributed by atoms with Gasteiger partial charge in [0.2, 0.25) is 0 Å². The van der Waals surface area contributed by atoms with E-state index in [9.17, 15) is 8.78 Å². The van der Waals surface area contributed by atoms with Crippen molar-refractivity contribution in [1.29, 1.82) is 0 Å². The molecule has 0 aliphatic carbocycles. The van der Waals surface area contributed by atoms with Crippen LogP contribution in [-0.2, 0) is 0 Å². The van der Waals surface area contributed by atoms with Crippen molar-refractivity contribution in [3.05, 3.63) is 29.6 Å². The molecule has 5 heteroatoms. The number of pyridine rings is 1. The van der Waals surface area contributed by atoms with Gasteiger partial charge in [-0.25, -0.2) is 4.98 Å². The van der Waals surface area contributed by atoms with Crippen molar-refractivity contribution in [2.24, 2.45) is 0 Å². The van der Waals surface area contributed by atoms with E-state index in [1.807, 2.05) is 0 Å². The highest BCUT2D eigenvalue weighted by Crippen LogP contribution is 2.21. The second kappa shape index (κ2) is 4.18. The van der Waals surface area contributed by atoms with Crippen molar-refractivity contribution >= 4 is 17.7 Å². The summed E-state index contributed by atoms with van der Waals surface area (Å²) in [7, 11) is 0. The van der Waals surface area contributed by atoms with Crippen LogP contribution in [0.3, 0.4) is 0 Å². The van der Waals surface area contributed by atoms with Gasteiger partial charge < -0.3 is 4.74 Å². The quantitative estimate of drug-likeness (QED) is 0.708. The molecule has 13 heavy (non-hydrogen) atoms. The Hall–Kier alpha value is -1.16. The molecule has 0 N–H and O–H groups in total. The van der Waals surface area contributed by atoms with Crippen molar-refractivity contribution in [2.45, 2.75) is 6.61 Å². The third-order valence-corrected chi connectivity index (χ3v) is 1.47. The van der Waals surface area contributed by atoms with Gasteiger partial charge in [0, 0.05) is 0 Å². The first-order valence-electron chi connectivity index (χ1n) is 3.37. The van der Waals surface area contributed by atoms with E-state index in [4.69, 9.17) is 11.6 Å².